The number of para-hydroxylation sites is 1. The summed E-state index contributed by atoms with van der Waals surface area (Å²) in [6.45, 7) is 5.42. The Kier molecular flexibility index (Phi) is 5.81. The van der Waals surface area contributed by atoms with Crippen LogP contribution in [-0.4, -0.2) is 28.0 Å². The number of benzene rings is 1. The Bertz CT molecular complexity index is 699. The maximum atomic E-state index is 12.0. The molecule has 0 radical (unpaired) electrons. The lowest BCUT2D eigenvalue weighted by Gasteiger charge is -2.11. The molecular formula is C16H19N3O3S. The van der Waals surface area contributed by atoms with Crippen molar-refractivity contribution in [2.45, 2.75) is 26.0 Å². The smallest absolute Gasteiger partial charge is 0.238 e. The van der Waals surface area contributed by atoms with Gasteiger partial charge in [-0.25, -0.2) is 0 Å². The summed E-state index contributed by atoms with van der Waals surface area (Å²) < 4.78 is 4.89. The first-order chi connectivity index (χ1) is 11.0. The fraction of sp³-hybridized carbons (Fsp3) is 0.312. The van der Waals surface area contributed by atoms with Crippen LogP contribution in [0.4, 0.5) is 11.5 Å². The number of hydrogen-bond donors (Lipinski definition) is 2. The predicted octanol–water partition coefficient (Wildman–Crippen LogP) is 2.99. The van der Waals surface area contributed by atoms with Gasteiger partial charge in [0.15, 0.2) is 5.82 Å². The van der Waals surface area contributed by atoms with Crippen molar-refractivity contribution in [2.24, 2.45) is 0 Å². The van der Waals surface area contributed by atoms with E-state index in [1.54, 1.807) is 19.9 Å². The Morgan fingerprint density at radius 3 is 2.65 bits per heavy atom. The van der Waals surface area contributed by atoms with Crippen molar-refractivity contribution >= 4 is 35.1 Å². The third-order valence-electron chi connectivity index (χ3n) is 3.13. The Morgan fingerprint density at radius 1 is 1.26 bits per heavy atom. The van der Waals surface area contributed by atoms with Crippen LogP contribution >= 0.6 is 11.8 Å². The van der Waals surface area contributed by atoms with E-state index in [0.717, 1.165) is 11.3 Å². The van der Waals surface area contributed by atoms with Gasteiger partial charge in [0.1, 0.15) is 5.76 Å². The Balaban J connectivity index is 1.79. The molecule has 0 unspecified atom stereocenters. The molecule has 2 aromatic rings. The first kappa shape index (κ1) is 17.1. The summed E-state index contributed by atoms with van der Waals surface area (Å²) in [5.74, 6) is 0.844. The van der Waals surface area contributed by atoms with Gasteiger partial charge in [-0.15, -0.1) is 11.8 Å². The Morgan fingerprint density at radius 2 is 2.00 bits per heavy atom. The largest absolute Gasteiger partial charge is 0.360 e. The minimum absolute atomic E-state index is 0.138. The number of aromatic nitrogens is 1. The van der Waals surface area contributed by atoms with Crippen molar-refractivity contribution in [1.29, 1.82) is 0 Å². The average Bonchev–Trinajstić information content (AvgIpc) is 2.92. The molecule has 122 valence electrons. The highest BCUT2D eigenvalue weighted by molar-refractivity contribution is 8.01. The van der Waals surface area contributed by atoms with Gasteiger partial charge in [-0.05, 0) is 32.4 Å². The predicted molar refractivity (Wildman–Crippen MR) is 91.6 cm³/mol. The third-order valence-corrected chi connectivity index (χ3v) is 4.27. The third kappa shape index (κ3) is 5.14. The number of amides is 2. The summed E-state index contributed by atoms with van der Waals surface area (Å²) in [6.07, 6.45) is 0. The monoisotopic (exact) mass is 333 g/mol. The number of rotatable bonds is 6. The number of aryl methyl sites for hydroxylation is 2. The van der Waals surface area contributed by atoms with E-state index >= 15 is 0 Å². The molecule has 1 heterocycles. The van der Waals surface area contributed by atoms with Gasteiger partial charge in [0.05, 0.1) is 11.0 Å². The van der Waals surface area contributed by atoms with Crippen molar-refractivity contribution in [2.75, 3.05) is 16.4 Å². The van der Waals surface area contributed by atoms with Crippen LogP contribution in [0.3, 0.4) is 0 Å². The first-order valence-electron chi connectivity index (χ1n) is 7.17. The summed E-state index contributed by atoms with van der Waals surface area (Å²) in [5, 5.41) is 8.81. The fourth-order valence-electron chi connectivity index (χ4n) is 1.83. The van der Waals surface area contributed by atoms with E-state index in [1.165, 1.54) is 11.8 Å². The zero-order valence-electron chi connectivity index (χ0n) is 13.3. The molecular weight excluding hydrogens is 314 g/mol. The zero-order chi connectivity index (χ0) is 16.8. The Hall–Kier alpha value is -2.28. The lowest BCUT2D eigenvalue weighted by atomic mass is 10.2. The quantitative estimate of drug-likeness (QED) is 0.849. The van der Waals surface area contributed by atoms with Gasteiger partial charge in [0.25, 0.3) is 0 Å². The second-order valence-corrected chi connectivity index (χ2v) is 6.46. The molecule has 7 heteroatoms. The van der Waals surface area contributed by atoms with Crippen molar-refractivity contribution in [1.82, 2.24) is 5.16 Å². The van der Waals surface area contributed by atoms with E-state index in [4.69, 9.17) is 4.52 Å². The maximum Gasteiger partial charge on any atom is 0.238 e. The SMILES string of the molecule is Cc1cc(NC(=O)[C@@H](C)SCC(=O)Nc2ccccc2C)no1. The highest BCUT2D eigenvalue weighted by Crippen LogP contribution is 2.17. The molecule has 1 aromatic carbocycles. The van der Waals surface area contributed by atoms with E-state index in [0.29, 0.717) is 11.6 Å². The van der Waals surface area contributed by atoms with Gasteiger partial charge in [-0.3, -0.25) is 9.59 Å². The number of carbonyl (C=O) groups excluding carboxylic acids is 2. The van der Waals surface area contributed by atoms with Crippen LogP contribution in [0.2, 0.25) is 0 Å². The molecule has 0 saturated heterocycles. The van der Waals surface area contributed by atoms with E-state index < -0.39 is 0 Å². The molecule has 0 aliphatic carbocycles. The van der Waals surface area contributed by atoms with Crippen LogP contribution in [0.15, 0.2) is 34.9 Å². The van der Waals surface area contributed by atoms with Gasteiger partial charge >= 0.3 is 0 Å². The van der Waals surface area contributed by atoms with Crippen molar-refractivity contribution in [3.05, 3.63) is 41.7 Å². The van der Waals surface area contributed by atoms with Gasteiger partial charge in [0.2, 0.25) is 11.8 Å². The van der Waals surface area contributed by atoms with Crippen LogP contribution in [0.5, 0.6) is 0 Å². The molecule has 0 spiro atoms. The van der Waals surface area contributed by atoms with Crippen LogP contribution in [-0.2, 0) is 9.59 Å². The van der Waals surface area contributed by atoms with Crippen molar-refractivity contribution in [3.8, 4) is 0 Å². The van der Waals surface area contributed by atoms with Crippen molar-refractivity contribution < 1.29 is 14.1 Å². The number of thioether (sulfide) groups is 1. The van der Waals surface area contributed by atoms with Crippen LogP contribution in [0.25, 0.3) is 0 Å². The number of hydrogen-bond acceptors (Lipinski definition) is 5. The standard InChI is InChI=1S/C16H19N3O3S/c1-10-6-4-5-7-13(10)17-15(20)9-23-12(3)16(21)18-14-8-11(2)22-19-14/h4-8,12H,9H2,1-3H3,(H,17,20)(H,18,19,21)/t12-/m1/s1. The molecule has 0 fully saturated rings. The van der Waals surface area contributed by atoms with Gasteiger partial charge in [-0.2, -0.15) is 0 Å². The Labute approximate surface area is 139 Å². The zero-order valence-corrected chi connectivity index (χ0v) is 14.1. The minimum Gasteiger partial charge on any atom is -0.360 e. The first-order valence-corrected chi connectivity index (χ1v) is 8.22. The summed E-state index contributed by atoms with van der Waals surface area (Å²) in [4.78, 5) is 24.0. The van der Waals surface area contributed by atoms with Gasteiger partial charge in [-0.1, -0.05) is 23.4 Å². The number of nitrogens with zero attached hydrogens (tertiary/aromatic N) is 1. The second kappa shape index (κ2) is 7.82. The van der Waals surface area contributed by atoms with Gasteiger partial charge < -0.3 is 15.2 Å². The highest BCUT2D eigenvalue weighted by Gasteiger charge is 2.17. The molecule has 23 heavy (non-hydrogen) atoms. The average molecular weight is 333 g/mol. The van der Waals surface area contributed by atoms with Crippen LogP contribution in [0, 0.1) is 13.8 Å². The van der Waals surface area contributed by atoms with Crippen LogP contribution < -0.4 is 10.6 Å². The molecule has 0 aliphatic rings. The maximum absolute atomic E-state index is 12.0. The molecule has 0 aliphatic heterocycles. The summed E-state index contributed by atoms with van der Waals surface area (Å²) >= 11 is 1.26. The normalized spacial score (nSPS) is 11.8. The minimum atomic E-state index is -0.380. The van der Waals surface area contributed by atoms with E-state index in [9.17, 15) is 9.59 Å². The number of anilines is 2. The molecule has 0 saturated carbocycles. The van der Waals surface area contributed by atoms with Crippen molar-refractivity contribution in [3.63, 3.8) is 0 Å². The molecule has 2 N–H and O–H groups in total. The fourth-order valence-corrected chi connectivity index (χ4v) is 2.51. The number of nitrogens with one attached hydrogen (secondary N) is 2. The molecule has 2 rings (SSSR count). The number of carbonyl (C=O) groups is 2. The summed E-state index contributed by atoms with van der Waals surface area (Å²) in [6, 6.07) is 9.20. The van der Waals surface area contributed by atoms with Gasteiger partial charge in [0, 0.05) is 11.8 Å². The molecule has 1 aromatic heterocycles. The van der Waals surface area contributed by atoms with Crippen LogP contribution in [0.1, 0.15) is 18.2 Å². The molecule has 0 bridgehead atoms. The lowest BCUT2D eigenvalue weighted by Crippen LogP contribution is -2.25. The van der Waals surface area contributed by atoms with E-state index in [-0.39, 0.29) is 22.8 Å². The van der Waals surface area contributed by atoms with E-state index in [2.05, 4.69) is 15.8 Å². The summed E-state index contributed by atoms with van der Waals surface area (Å²) in [7, 11) is 0. The second-order valence-electron chi connectivity index (χ2n) is 5.13. The van der Waals surface area contributed by atoms with E-state index in [1.807, 2.05) is 31.2 Å². The summed E-state index contributed by atoms with van der Waals surface area (Å²) in [5.41, 5.74) is 1.78. The molecule has 2 amide bonds. The molecule has 6 nitrogen and oxygen atoms in total. The lowest BCUT2D eigenvalue weighted by molar-refractivity contribution is -0.115. The molecule has 1 atom stereocenters. The highest BCUT2D eigenvalue weighted by atomic mass is 32.2. The topological polar surface area (TPSA) is 84.2 Å².